The lowest BCUT2D eigenvalue weighted by Gasteiger charge is -1.99. The van der Waals surface area contributed by atoms with Crippen molar-refractivity contribution in [3.63, 3.8) is 0 Å². The molecule has 0 unspecified atom stereocenters. The number of hydrogen-bond acceptors (Lipinski definition) is 6. The van der Waals surface area contributed by atoms with Gasteiger partial charge in [0.25, 0.3) is 5.90 Å². The normalized spacial score (nSPS) is 15.6. The second-order valence-corrected chi connectivity index (χ2v) is 4.43. The van der Waals surface area contributed by atoms with Crippen LogP contribution in [0.5, 0.6) is 0 Å². The zero-order valence-electron chi connectivity index (χ0n) is 11.6. The Bertz CT molecular complexity index is 769. The number of cyclic esters (lactones) is 1. The first kappa shape index (κ1) is 13.8. The van der Waals surface area contributed by atoms with Crippen molar-refractivity contribution in [1.82, 2.24) is 0 Å². The van der Waals surface area contributed by atoms with Crippen molar-refractivity contribution < 1.29 is 23.5 Å². The van der Waals surface area contributed by atoms with Gasteiger partial charge in [0.1, 0.15) is 0 Å². The van der Waals surface area contributed by atoms with Gasteiger partial charge in [0.2, 0.25) is 0 Å². The van der Waals surface area contributed by atoms with Crippen LogP contribution in [0.2, 0.25) is 0 Å². The third kappa shape index (κ3) is 2.67. The monoisotopic (exact) mass is 297 g/mol. The van der Waals surface area contributed by atoms with Gasteiger partial charge < -0.3 is 13.9 Å². The van der Waals surface area contributed by atoms with Gasteiger partial charge in [-0.25, -0.2) is 14.6 Å². The lowest BCUT2D eigenvalue weighted by molar-refractivity contribution is -0.130. The first-order valence-corrected chi connectivity index (χ1v) is 6.42. The number of benzene rings is 1. The van der Waals surface area contributed by atoms with Gasteiger partial charge in [0.15, 0.2) is 11.5 Å². The smallest absolute Gasteiger partial charge is 0.363 e. The summed E-state index contributed by atoms with van der Waals surface area (Å²) in [6.07, 6.45) is 3.04. The highest BCUT2D eigenvalue weighted by atomic mass is 16.6. The molecule has 0 bridgehead atoms. The van der Waals surface area contributed by atoms with Crippen LogP contribution in [0, 0.1) is 0 Å². The molecule has 1 aliphatic rings. The summed E-state index contributed by atoms with van der Waals surface area (Å²) in [4.78, 5) is 27.2. The maximum Gasteiger partial charge on any atom is 0.363 e. The van der Waals surface area contributed by atoms with Crippen LogP contribution < -0.4 is 0 Å². The van der Waals surface area contributed by atoms with Crippen molar-refractivity contribution in [1.29, 1.82) is 0 Å². The standard InChI is InChI=1S/C16H11NO5/c1-20-15(18)11-6-4-10(5-7-11)9-12-16(19)22-14(17-12)13-3-2-8-21-13/h2-9H,1H3/b12-9-. The lowest BCUT2D eigenvalue weighted by atomic mass is 10.1. The molecule has 110 valence electrons. The molecule has 2 aromatic rings. The zero-order chi connectivity index (χ0) is 15.5. The molecule has 2 heterocycles. The topological polar surface area (TPSA) is 78.1 Å². The maximum absolute atomic E-state index is 11.8. The van der Waals surface area contributed by atoms with E-state index in [1.807, 2.05) is 0 Å². The zero-order valence-corrected chi connectivity index (χ0v) is 11.6. The van der Waals surface area contributed by atoms with E-state index in [1.54, 1.807) is 42.5 Å². The van der Waals surface area contributed by atoms with Crippen LogP contribution in [0.15, 0.2) is 57.8 Å². The van der Waals surface area contributed by atoms with E-state index in [1.165, 1.54) is 13.4 Å². The summed E-state index contributed by atoms with van der Waals surface area (Å²) in [7, 11) is 1.32. The van der Waals surface area contributed by atoms with Gasteiger partial charge in [-0.1, -0.05) is 12.1 Å². The van der Waals surface area contributed by atoms with Crippen LogP contribution in [0.1, 0.15) is 21.7 Å². The minimum atomic E-state index is -0.552. The molecule has 0 atom stereocenters. The number of ether oxygens (including phenoxy) is 2. The molecule has 1 aromatic carbocycles. The molecular formula is C16H11NO5. The molecule has 3 rings (SSSR count). The van der Waals surface area contributed by atoms with Crippen molar-refractivity contribution in [3.8, 4) is 0 Å². The van der Waals surface area contributed by atoms with Gasteiger partial charge >= 0.3 is 11.9 Å². The molecule has 0 aliphatic carbocycles. The number of methoxy groups -OCH3 is 1. The molecule has 0 fully saturated rings. The Kier molecular flexibility index (Phi) is 3.57. The van der Waals surface area contributed by atoms with Gasteiger partial charge in [-0.15, -0.1) is 0 Å². The number of rotatable bonds is 3. The van der Waals surface area contributed by atoms with Gasteiger partial charge in [0.05, 0.1) is 18.9 Å². The molecule has 0 amide bonds. The molecule has 22 heavy (non-hydrogen) atoms. The SMILES string of the molecule is COC(=O)c1ccc(/C=C2\N=C(c3ccco3)OC2=O)cc1. The van der Waals surface area contributed by atoms with Gasteiger partial charge in [0, 0.05) is 0 Å². The second-order valence-electron chi connectivity index (χ2n) is 4.43. The van der Waals surface area contributed by atoms with E-state index in [4.69, 9.17) is 9.15 Å². The third-order valence-electron chi connectivity index (χ3n) is 2.99. The summed E-state index contributed by atoms with van der Waals surface area (Å²) in [5.41, 5.74) is 1.31. The lowest BCUT2D eigenvalue weighted by Crippen LogP contribution is -2.04. The van der Waals surface area contributed by atoms with Gasteiger partial charge in [-0.3, -0.25) is 0 Å². The fourth-order valence-electron chi connectivity index (χ4n) is 1.91. The van der Waals surface area contributed by atoms with Crippen LogP contribution in [-0.4, -0.2) is 24.9 Å². The average molecular weight is 297 g/mol. The Hall–Kier alpha value is -3.15. The number of nitrogens with zero attached hydrogens (tertiary/aromatic N) is 1. The average Bonchev–Trinajstić information content (AvgIpc) is 3.18. The quantitative estimate of drug-likeness (QED) is 0.642. The van der Waals surface area contributed by atoms with Crippen LogP contribution in [0.4, 0.5) is 0 Å². The molecule has 0 saturated carbocycles. The van der Waals surface area contributed by atoms with E-state index >= 15 is 0 Å². The number of carbonyl (C=O) groups is 2. The fraction of sp³-hybridized carbons (Fsp3) is 0.0625. The largest absolute Gasteiger partial charge is 0.465 e. The van der Waals surface area contributed by atoms with Crippen molar-refractivity contribution in [2.45, 2.75) is 0 Å². The Morgan fingerprint density at radius 2 is 2.00 bits per heavy atom. The van der Waals surface area contributed by atoms with E-state index in [0.29, 0.717) is 16.9 Å². The number of carbonyl (C=O) groups excluding carboxylic acids is 2. The first-order chi connectivity index (χ1) is 10.7. The van der Waals surface area contributed by atoms with Crippen LogP contribution in [0.25, 0.3) is 6.08 Å². The third-order valence-corrected chi connectivity index (χ3v) is 2.99. The molecule has 0 saturated heterocycles. The predicted octanol–water partition coefficient (Wildman–Crippen LogP) is 2.41. The Labute approximate surface area is 125 Å². The number of aliphatic imine (C=N–C) groups is 1. The van der Waals surface area contributed by atoms with E-state index in [-0.39, 0.29) is 11.6 Å². The first-order valence-electron chi connectivity index (χ1n) is 6.42. The summed E-state index contributed by atoms with van der Waals surface area (Å²) in [5, 5.41) is 0. The van der Waals surface area contributed by atoms with E-state index in [0.717, 1.165) is 0 Å². The number of hydrogen-bond donors (Lipinski definition) is 0. The highest BCUT2D eigenvalue weighted by Gasteiger charge is 2.25. The van der Waals surface area contributed by atoms with E-state index in [2.05, 4.69) is 9.73 Å². The predicted molar refractivity (Wildman–Crippen MR) is 77.1 cm³/mol. The van der Waals surface area contributed by atoms with Crippen molar-refractivity contribution >= 4 is 23.9 Å². The molecule has 0 radical (unpaired) electrons. The van der Waals surface area contributed by atoms with Crippen molar-refractivity contribution in [2.75, 3.05) is 7.11 Å². The van der Waals surface area contributed by atoms with E-state index in [9.17, 15) is 9.59 Å². The summed E-state index contributed by atoms with van der Waals surface area (Å²) >= 11 is 0. The molecule has 1 aromatic heterocycles. The van der Waals surface area contributed by atoms with E-state index < -0.39 is 11.9 Å². The van der Waals surface area contributed by atoms with Crippen molar-refractivity contribution in [2.24, 2.45) is 4.99 Å². The Morgan fingerprint density at radius 3 is 2.64 bits per heavy atom. The van der Waals surface area contributed by atoms with Crippen LogP contribution >= 0.6 is 0 Å². The molecule has 1 aliphatic heterocycles. The molecular weight excluding hydrogens is 286 g/mol. The fourth-order valence-corrected chi connectivity index (χ4v) is 1.91. The molecule has 6 heteroatoms. The summed E-state index contributed by atoms with van der Waals surface area (Å²) in [6.45, 7) is 0. The van der Waals surface area contributed by atoms with Crippen LogP contribution in [0.3, 0.4) is 0 Å². The minimum Gasteiger partial charge on any atom is -0.465 e. The highest BCUT2D eigenvalue weighted by molar-refractivity contribution is 6.11. The summed E-state index contributed by atoms with van der Waals surface area (Å²) in [5.74, 6) is -0.453. The van der Waals surface area contributed by atoms with Gasteiger partial charge in [-0.2, -0.15) is 0 Å². The number of esters is 2. The van der Waals surface area contributed by atoms with Gasteiger partial charge in [-0.05, 0) is 35.9 Å². The highest BCUT2D eigenvalue weighted by Crippen LogP contribution is 2.19. The molecule has 6 nitrogen and oxygen atoms in total. The minimum absolute atomic E-state index is 0.132. The van der Waals surface area contributed by atoms with Crippen LogP contribution in [-0.2, 0) is 14.3 Å². The molecule has 0 N–H and O–H groups in total. The molecule has 0 spiro atoms. The van der Waals surface area contributed by atoms with Crippen molar-refractivity contribution in [3.05, 3.63) is 65.2 Å². The summed E-state index contributed by atoms with van der Waals surface area (Å²) in [6, 6.07) is 9.92. The Balaban J connectivity index is 1.85. The maximum atomic E-state index is 11.8. The second kappa shape index (κ2) is 5.69. The summed E-state index contributed by atoms with van der Waals surface area (Å²) < 4.78 is 14.8. The Morgan fingerprint density at radius 1 is 1.23 bits per heavy atom. The number of furan rings is 1.